The van der Waals surface area contributed by atoms with Gasteiger partial charge in [-0.1, -0.05) is 26.0 Å². The Morgan fingerprint density at radius 2 is 1.92 bits per heavy atom. The van der Waals surface area contributed by atoms with Gasteiger partial charge in [-0.15, -0.1) is 0 Å². The summed E-state index contributed by atoms with van der Waals surface area (Å²) >= 11 is 0. The first-order chi connectivity index (χ1) is 11.5. The highest BCUT2D eigenvalue weighted by Crippen LogP contribution is 2.22. The van der Waals surface area contributed by atoms with Crippen LogP contribution < -0.4 is 15.8 Å². The summed E-state index contributed by atoms with van der Waals surface area (Å²) in [6, 6.07) is 8.12. The molecular weight excluding hydrogens is 302 g/mol. The molecule has 1 aliphatic heterocycles. The van der Waals surface area contributed by atoms with Crippen molar-refractivity contribution in [2.75, 3.05) is 52.2 Å². The normalized spacial score (nSPS) is 18.6. The van der Waals surface area contributed by atoms with Crippen LogP contribution >= 0.6 is 0 Å². The van der Waals surface area contributed by atoms with Crippen molar-refractivity contribution in [1.82, 2.24) is 9.80 Å². The topological polar surface area (TPSA) is 66.1 Å². The number of rotatable bonds is 6. The first-order valence-corrected chi connectivity index (χ1v) is 8.63. The molecule has 3 N–H and O–H groups in total. The van der Waals surface area contributed by atoms with Crippen molar-refractivity contribution in [2.45, 2.75) is 19.9 Å². The van der Waals surface area contributed by atoms with Crippen LogP contribution in [0.25, 0.3) is 0 Å². The third kappa shape index (κ3) is 5.11. The summed E-state index contributed by atoms with van der Waals surface area (Å²) in [4.78, 5) is 9.49. The summed E-state index contributed by atoms with van der Waals surface area (Å²) < 4.78 is 5.33. The number of nitrogens with zero attached hydrogens (tertiary/aromatic N) is 3. The molecular formula is C18H31N5O. The number of anilines is 1. The minimum Gasteiger partial charge on any atom is -0.495 e. The number of hydrogen-bond acceptors (Lipinski definition) is 4. The summed E-state index contributed by atoms with van der Waals surface area (Å²) in [6.07, 6.45) is 0. The molecule has 0 bridgehead atoms. The quantitative estimate of drug-likeness (QED) is 0.613. The summed E-state index contributed by atoms with van der Waals surface area (Å²) in [5.41, 5.74) is 6.92. The van der Waals surface area contributed by atoms with Crippen LogP contribution in [-0.4, -0.2) is 68.7 Å². The fourth-order valence-electron chi connectivity index (χ4n) is 3.02. The SMILES string of the molecule is COc1ccccc1NC(N)=NCC(C(C)C)N1CCN(C)CC1. The maximum absolute atomic E-state index is 6.09. The Labute approximate surface area is 145 Å². The lowest BCUT2D eigenvalue weighted by atomic mass is 10.0. The molecule has 1 heterocycles. The molecule has 6 heteroatoms. The number of aliphatic imine (C=N–C) groups is 1. The van der Waals surface area contributed by atoms with Crippen molar-refractivity contribution in [1.29, 1.82) is 0 Å². The zero-order valence-electron chi connectivity index (χ0n) is 15.3. The lowest BCUT2D eigenvalue weighted by molar-refractivity contribution is 0.0926. The molecule has 0 spiro atoms. The highest BCUT2D eigenvalue weighted by molar-refractivity contribution is 5.93. The van der Waals surface area contributed by atoms with Crippen LogP contribution in [0.1, 0.15) is 13.8 Å². The van der Waals surface area contributed by atoms with Gasteiger partial charge >= 0.3 is 0 Å². The van der Waals surface area contributed by atoms with Gasteiger partial charge in [0.15, 0.2) is 5.96 Å². The van der Waals surface area contributed by atoms with Gasteiger partial charge in [-0.2, -0.15) is 0 Å². The number of likely N-dealkylation sites (N-methyl/N-ethyl adjacent to an activating group) is 1. The second-order valence-electron chi connectivity index (χ2n) is 6.70. The lowest BCUT2D eigenvalue weighted by Gasteiger charge is -2.39. The second-order valence-corrected chi connectivity index (χ2v) is 6.70. The molecule has 0 aliphatic carbocycles. The predicted octanol–water partition coefficient (Wildman–Crippen LogP) is 1.69. The van der Waals surface area contributed by atoms with E-state index in [1.807, 2.05) is 24.3 Å². The van der Waals surface area contributed by atoms with E-state index in [-0.39, 0.29) is 0 Å². The summed E-state index contributed by atoms with van der Waals surface area (Å²) in [6.45, 7) is 9.62. The number of ether oxygens (including phenoxy) is 1. The zero-order chi connectivity index (χ0) is 17.5. The van der Waals surface area contributed by atoms with Crippen LogP contribution in [-0.2, 0) is 0 Å². The van der Waals surface area contributed by atoms with Gasteiger partial charge in [0.1, 0.15) is 5.75 Å². The number of methoxy groups -OCH3 is 1. The molecule has 24 heavy (non-hydrogen) atoms. The van der Waals surface area contributed by atoms with E-state index < -0.39 is 0 Å². The first-order valence-electron chi connectivity index (χ1n) is 8.63. The van der Waals surface area contributed by atoms with Crippen molar-refractivity contribution in [3.8, 4) is 5.75 Å². The number of nitrogens with one attached hydrogen (secondary N) is 1. The molecule has 0 saturated carbocycles. The molecule has 1 unspecified atom stereocenters. The third-order valence-electron chi connectivity index (χ3n) is 4.59. The Kier molecular flexibility index (Phi) is 6.87. The number of benzene rings is 1. The Balaban J connectivity index is 1.98. The van der Waals surface area contributed by atoms with Gasteiger partial charge in [-0.25, -0.2) is 0 Å². The van der Waals surface area contributed by atoms with Crippen molar-refractivity contribution in [2.24, 2.45) is 16.6 Å². The number of piperazine rings is 1. The van der Waals surface area contributed by atoms with E-state index in [4.69, 9.17) is 10.5 Å². The maximum Gasteiger partial charge on any atom is 0.193 e. The fraction of sp³-hybridized carbons (Fsp3) is 0.611. The molecule has 1 aromatic rings. The Morgan fingerprint density at radius 1 is 1.25 bits per heavy atom. The molecule has 0 amide bonds. The number of guanidine groups is 1. The van der Waals surface area contributed by atoms with E-state index in [1.165, 1.54) is 0 Å². The van der Waals surface area contributed by atoms with Crippen LogP contribution in [0.2, 0.25) is 0 Å². The van der Waals surface area contributed by atoms with E-state index in [1.54, 1.807) is 7.11 Å². The van der Waals surface area contributed by atoms with Crippen LogP contribution in [0, 0.1) is 5.92 Å². The van der Waals surface area contributed by atoms with Crippen LogP contribution in [0.5, 0.6) is 5.75 Å². The average Bonchev–Trinajstić information content (AvgIpc) is 2.57. The van der Waals surface area contributed by atoms with Gasteiger partial charge in [0.2, 0.25) is 0 Å². The number of nitrogens with two attached hydrogens (primary N) is 1. The minimum atomic E-state index is 0.414. The van der Waals surface area contributed by atoms with Gasteiger partial charge in [0, 0.05) is 32.2 Å². The van der Waals surface area contributed by atoms with Gasteiger partial charge in [0.25, 0.3) is 0 Å². The van der Waals surface area contributed by atoms with E-state index in [9.17, 15) is 0 Å². The lowest BCUT2D eigenvalue weighted by Crippen LogP contribution is -2.51. The predicted molar refractivity (Wildman–Crippen MR) is 101 cm³/mol. The monoisotopic (exact) mass is 333 g/mol. The Bertz CT molecular complexity index is 538. The molecule has 134 valence electrons. The Hall–Kier alpha value is -1.79. The van der Waals surface area contributed by atoms with Crippen molar-refractivity contribution in [3.05, 3.63) is 24.3 Å². The van der Waals surface area contributed by atoms with Gasteiger partial charge in [-0.05, 0) is 25.1 Å². The standard InChI is InChI=1S/C18H31N5O/c1-14(2)16(23-11-9-22(3)10-12-23)13-20-18(19)21-15-7-5-6-8-17(15)24-4/h5-8,14,16H,9-13H2,1-4H3,(H3,19,20,21). The summed E-state index contributed by atoms with van der Waals surface area (Å²) in [5, 5.41) is 3.14. The van der Waals surface area contributed by atoms with Crippen molar-refractivity contribution < 1.29 is 4.74 Å². The average molecular weight is 333 g/mol. The smallest absolute Gasteiger partial charge is 0.193 e. The molecule has 6 nitrogen and oxygen atoms in total. The maximum atomic E-state index is 6.09. The first kappa shape index (κ1) is 18.5. The van der Waals surface area contributed by atoms with Gasteiger partial charge < -0.3 is 20.7 Å². The molecule has 2 rings (SSSR count). The largest absolute Gasteiger partial charge is 0.495 e. The Morgan fingerprint density at radius 3 is 2.54 bits per heavy atom. The van der Waals surface area contributed by atoms with Crippen LogP contribution in [0.4, 0.5) is 5.69 Å². The molecule has 1 atom stereocenters. The van der Waals surface area contributed by atoms with Gasteiger partial charge in [0.05, 0.1) is 19.3 Å². The fourth-order valence-corrected chi connectivity index (χ4v) is 3.02. The number of para-hydroxylation sites is 2. The number of hydrogen-bond donors (Lipinski definition) is 2. The molecule has 0 radical (unpaired) electrons. The van der Waals surface area contributed by atoms with E-state index in [0.717, 1.165) is 37.6 Å². The third-order valence-corrected chi connectivity index (χ3v) is 4.59. The molecule has 1 saturated heterocycles. The summed E-state index contributed by atoms with van der Waals surface area (Å²) in [5.74, 6) is 1.73. The highest BCUT2D eigenvalue weighted by atomic mass is 16.5. The molecule has 0 aromatic heterocycles. The van der Waals surface area contributed by atoms with Crippen LogP contribution in [0.15, 0.2) is 29.3 Å². The molecule has 1 aromatic carbocycles. The van der Waals surface area contributed by atoms with Gasteiger partial charge in [-0.3, -0.25) is 9.89 Å². The molecule has 1 fully saturated rings. The van der Waals surface area contributed by atoms with Crippen molar-refractivity contribution in [3.63, 3.8) is 0 Å². The minimum absolute atomic E-state index is 0.414. The second kappa shape index (κ2) is 8.89. The van der Waals surface area contributed by atoms with Crippen molar-refractivity contribution >= 4 is 11.6 Å². The van der Waals surface area contributed by atoms with E-state index >= 15 is 0 Å². The van der Waals surface area contributed by atoms with E-state index in [2.05, 4.69) is 41.0 Å². The highest BCUT2D eigenvalue weighted by Gasteiger charge is 2.24. The van der Waals surface area contributed by atoms with E-state index in [0.29, 0.717) is 24.5 Å². The molecule has 1 aliphatic rings. The van der Waals surface area contributed by atoms with Crippen LogP contribution in [0.3, 0.4) is 0 Å². The summed E-state index contributed by atoms with van der Waals surface area (Å²) in [7, 11) is 3.82. The zero-order valence-corrected chi connectivity index (χ0v) is 15.3.